The van der Waals surface area contributed by atoms with Gasteiger partial charge in [-0.25, -0.2) is 0 Å². The van der Waals surface area contributed by atoms with Crippen LogP contribution in [0.2, 0.25) is 0 Å². The second-order valence-electron chi connectivity index (χ2n) is 5.72. The minimum atomic E-state index is -0.440. The van der Waals surface area contributed by atoms with Gasteiger partial charge in [0, 0.05) is 18.5 Å². The van der Waals surface area contributed by atoms with Gasteiger partial charge >= 0.3 is 0 Å². The SMILES string of the molecule is CCn1nc(CC=O)c(C2CCC(C)CC2)c1C(N)=O. The number of primary amides is 1. The maximum Gasteiger partial charge on any atom is 0.267 e. The van der Waals surface area contributed by atoms with Gasteiger partial charge in [0.05, 0.1) is 5.69 Å². The first-order valence-electron chi connectivity index (χ1n) is 7.41. The van der Waals surface area contributed by atoms with E-state index in [4.69, 9.17) is 5.73 Å². The van der Waals surface area contributed by atoms with Gasteiger partial charge in [0.15, 0.2) is 0 Å². The van der Waals surface area contributed by atoms with Gasteiger partial charge in [-0.05, 0) is 31.6 Å². The third kappa shape index (κ3) is 2.76. The zero-order valence-corrected chi connectivity index (χ0v) is 12.3. The summed E-state index contributed by atoms with van der Waals surface area (Å²) >= 11 is 0. The van der Waals surface area contributed by atoms with Crippen molar-refractivity contribution < 1.29 is 9.59 Å². The van der Waals surface area contributed by atoms with Crippen molar-refractivity contribution >= 4 is 12.2 Å². The molecule has 0 radical (unpaired) electrons. The van der Waals surface area contributed by atoms with Crippen molar-refractivity contribution in [3.8, 4) is 0 Å². The highest BCUT2D eigenvalue weighted by Gasteiger charge is 2.29. The highest BCUT2D eigenvalue weighted by Crippen LogP contribution is 2.38. The number of nitrogens with two attached hydrogens (primary N) is 1. The quantitative estimate of drug-likeness (QED) is 0.836. The first-order chi connectivity index (χ1) is 9.58. The Labute approximate surface area is 119 Å². The molecule has 20 heavy (non-hydrogen) atoms. The van der Waals surface area contributed by atoms with Crippen LogP contribution in [0.3, 0.4) is 0 Å². The van der Waals surface area contributed by atoms with Gasteiger partial charge in [-0.3, -0.25) is 9.48 Å². The standard InChI is InChI=1S/C15H23N3O2/c1-3-18-14(15(16)20)13(12(17-18)8-9-19)11-6-4-10(2)5-7-11/h9-11H,3-8H2,1-2H3,(H2,16,20). The molecule has 0 bridgehead atoms. The Kier molecular flexibility index (Phi) is 4.57. The Morgan fingerprint density at radius 3 is 2.55 bits per heavy atom. The zero-order chi connectivity index (χ0) is 14.7. The van der Waals surface area contributed by atoms with Gasteiger partial charge in [-0.2, -0.15) is 5.10 Å². The number of aldehydes is 1. The number of hydrogen-bond donors (Lipinski definition) is 1. The fourth-order valence-corrected chi connectivity index (χ4v) is 3.22. The summed E-state index contributed by atoms with van der Waals surface area (Å²) in [6.45, 7) is 4.77. The molecular weight excluding hydrogens is 254 g/mol. The first-order valence-corrected chi connectivity index (χ1v) is 7.41. The van der Waals surface area contributed by atoms with Crippen LogP contribution < -0.4 is 5.73 Å². The van der Waals surface area contributed by atoms with E-state index in [1.807, 2.05) is 6.92 Å². The smallest absolute Gasteiger partial charge is 0.267 e. The van der Waals surface area contributed by atoms with Crippen LogP contribution in [0.5, 0.6) is 0 Å². The number of rotatable bonds is 5. The molecule has 0 unspecified atom stereocenters. The average molecular weight is 277 g/mol. The van der Waals surface area contributed by atoms with E-state index in [1.165, 1.54) is 0 Å². The maximum absolute atomic E-state index is 11.8. The van der Waals surface area contributed by atoms with Crippen molar-refractivity contribution in [2.24, 2.45) is 11.7 Å². The normalized spacial score (nSPS) is 22.7. The van der Waals surface area contributed by atoms with Crippen molar-refractivity contribution in [1.82, 2.24) is 9.78 Å². The van der Waals surface area contributed by atoms with Crippen molar-refractivity contribution in [1.29, 1.82) is 0 Å². The van der Waals surface area contributed by atoms with Gasteiger partial charge in [-0.15, -0.1) is 0 Å². The second-order valence-corrected chi connectivity index (χ2v) is 5.72. The van der Waals surface area contributed by atoms with Crippen LogP contribution in [-0.4, -0.2) is 22.0 Å². The molecule has 1 saturated carbocycles. The van der Waals surface area contributed by atoms with E-state index in [0.717, 1.165) is 49.1 Å². The molecule has 0 aromatic carbocycles. The lowest BCUT2D eigenvalue weighted by Gasteiger charge is -2.26. The van der Waals surface area contributed by atoms with Crippen molar-refractivity contribution in [3.05, 3.63) is 17.0 Å². The van der Waals surface area contributed by atoms with Crippen molar-refractivity contribution in [2.45, 2.75) is 58.4 Å². The van der Waals surface area contributed by atoms with Gasteiger partial charge in [0.1, 0.15) is 12.0 Å². The summed E-state index contributed by atoms with van der Waals surface area (Å²) in [6, 6.07) is 0. The fourth-order valence-electron chi connectivity index (χ4n) is 3.22. The molecule has 1 amide bonds. The number of nitrogens with zero attached hydrogens (tertiary/aromatic N) is 2. The molecule has 1 aliphatic rings. The third-order valence-electron chi connectivity index (χ3n) is 4.30. The van der Waals surface area contributed by atoms with E-state index >= 15 is 0 Å². The minimum Gasteiger partial charge on any atom is -0.364 e. The predicted molar refractivity (Wildman–Crippen MR) is 76.6 cm³/mol. The molecule has 0 atom stereocenters. The molecule has 2 N–H and O–H groups in total. The Balaban J connectivity index is 2.44. The van der Waals surface area contributed by atoms with Gasteiger partial charge in [-0.1, -0.05) is 19.8 Å². The van der Waals surface area contributed by atoms with E-state index in [9.17, 15) is 9.59 Å². The lowest BCUT2D eigenvalue weighted by Crippen LogP contribution is -2.21. The van der Waals surface area contributed by atoms with Crippen LogP contribution in [0.15, 0.2) is 0 Å². The summed E-state index contributed by atoms with van der Waals surface area (Å²) in [5, 5.41) is 4.42. The molecule has 1 heterocycles. The zero-order valence-electron chi connectivity index (χ0n) is 12.3. The monoisotopic (exact) mass is 277 g/mol. The Hall–Kier alpha value is -1.65. The van der Waals surface area contributed by atoms with Gasteiger partial charge < -0.3 is 10.5 Å². The summed E-state index contributed by atoms with van der Waals surface area (Å²) in [6.07, 6.45) is 5.50. The lowest BCUT2D eigenvalue weighted by molar-refractivity contribution is -0.107. The number of aryl methyl sites for hydroxylation is 1. The summed E-state index contributed by atoms with van der Waals surface area (Å²) in [5.41, 5.74) is 7.71. The molecule has 110 valence electrons. The van der Waals surface area contributed by atoms with Crippen LogP contribution in [-0.2, 0) is 17.8 Å². The van der Waals surface area contributed by atoms with Crippen molar-refractivity contribution in [2.75, 3.05) is 0 Å². The van der Waals surface area contributed by atoms with E-state index in [1.54, 1.807) is 4.68 Å². The molecule has 1 aliphatic carbocycles. The third-order valence-corrected chi connectivity index (χ3v) is 4.30. The summed E-state index contributed by atoms with van der Waals surface area (Å²) in [7, 11) is 0. The summed E-state index contributed by atoms with van der Waals surface area (Å²) in [4.78, 5) is 22.7. The van der Waals surface area contributed by atoms with Crippen molar-refractivity contribution in [3.63, 3.8) is 0 Å². The summed E-state index contributed by atoms with van der Waals surface area (Å²) in [5.74, 6) is 0.605. The van der Waals surface area contributed by atoms with E-state index in [-0.39, 0.29) is 6.42 Å². The molecule has 1 aromatic rings. The number of amides is 1. The van der Waals surface area contributed by atoms with E-state index < -0.39 is 5.91 Å². The highest BCUT2D eigenvalue weighted by molar-refractivity contribution is 5.93. The minimum absolute atomic E-state index is 0.259. The van der Waals surface area contributed by atoms with Crippen LogP contribution in [0.1, 0.15) is 67.2 Å². The Morgan fingerprint density at radius 1 is 1.40 bits per heavy atom. The Morgan fingerprint density at radius 2 is 2.05 bits per heavy atom. The molecule has 1 fully saturated rings. The Bertz CT molecular complexity index is 499. The molecular formula is C15H23N3O2. The topological polar surface area (TPSA) is 78.0 Å². The molecule has 1 aromatic heterocycles. The molecule has 5 heteroatoms. The number of carbonyl (C=O) groups excluding carboxylic acids is 2. The largest absolute Gasteiger partial charge is 0.364 e. The van der Waals surface area contributed by atoms with Crippen LogP contribution in [0.4, 0.5) is 0 Å². The predicted octanol–water partition coefficient (Wildman–Crippen LogP) is 2.04. The molecule has 2 rings (SSSR count). The molecule has 0 saturated heterocycles. The fraction of sp³-hybridized carbons (Fsp3) is 0.667. The average Bonchev–Trinajstić information content (AvgIpc) is 2.79. The number of aromatic nitrogens is 2. The van der Waals surface area contributed by atoms with Crippen LogP contribution in [0, 0.1) is 5.92 Å². The maximum atomic E-state index is 11.8. The first kappa shape index (κ1) is 14.8. The van der Waals surface area contributed by atoms with Crippen LogP contribution >= 0.6 is 0 Å². The second kappa shape index (κ2) is 6.20. The number of hydrogen-bond acceptors (Lipinski definition) is 3. The lowest BCUT2D eigenvalue weighted by atomic mass is 9.78. The molecule has 0 aliphatic heterocycles. The van der Waals surface area contributed by atoms with Gasteiger partial charge in [0.25, 0.3) is 5.91 Å². The van der Waals surface area contributed by atoms with E-state index in [2.05, 4.69) is 12.0 Å². The summed E-state index contributed by atoms with van der Waals surface area (Å²) < 4.78 is 1.65. The van der Waals surface area contributed by atoms with Gasteiger partial charge in [0.2, 0.25) is 0 Å². The van der Waals surface area contributed by atoms with Crippen LogP contribution in [0.25, 0.3) is 0 Å². The molecule has 0 spiro atoms. The number of carbonyl (C=O) groups is 2. The van der Waals surface area contributed by atoms with E-state index in [0.29, 0.717) is 18.2 Å². The highest BCUT2D eigenvalue weighted by atomic mass is 16.1. The molecule has 5 nitrogen and oxygen atoms in total.